The van der Waals surface area contributed by atoms with Crippen LogP contribution in [0.1, 0.15) is 107 Å². The fourth-order valence-electron chi connectivity index (χ4n) is 3.41. The Bertz CT molecular complexity index is 599. The first kappa shape index (κ1) is 25.4. The minimum atomic E-state index is -4.81. The van der Waals surface area contributed by atoms with E-state index in [9.17, 15) is 22.4 Å². The van der Waals surface area contributed by atoms with Gasteiger partial charge >= 0.3 is 12.1 Å². The second-order valence-electron chi connectivity index (χ2n) is 7.62. The maximum atomic E-state index is 13.2. The summed E-state index contributed by atoms with van der Waals surface area (Å²) in [4.78, 5) is 12.3. The zero-order valence-electron chi connectivity index (χ0n) is 17.6. The first-order valence-corrected chi connectivity index (χ1v) is 10.9. The summed E-state index contributed by atoms with van der Waals surface area (Å²) < 4.78 is 57.9. The van der Waals surface area contributed by atoms with Crippen LogP contribution in [0.3, 0.4) is 0 Å². The molecule has 0 fully saturated rings. The summed E-state index contributed by atoms with van der Waals surface area (Å²) in [5.74, 6) is -2.07. The minimum Gasteiger partial charge on any atom is -0.459 e. The number of hydrogen-bond acceptors (Lipinski definition) is 2. The minimum absolute atomic E-state index is 0.339. The quantitative estimate of drug-likeness (QED) is 0.173. The van der Waals surface area contributed by atoms with Crippen LogP contribution in [-0.4, -0.2) is 12.1 Å². The predicted octanol–water partition coefficient (Wildman–Crippen LogP) is 8.09. The van der Waals surface area contributed by atoms with Crippen LogP contribution in [0.2, 0.25) is 0 Å². The molecule has 1 aromatic rings. The van der Waals surface area contributed by atoms with E-state index < -0.39 is 35.2 Å². The van der Waals surface area contributed by atoms with Gasteiger partial charge in [-0.3, -0.25) is 0 Å². The molecule has 0 bridgehead atoms. The zero-order valence-corrected chi connectivity index (χ0v) is 17.6. The third kappa shape index (κ3) is 10.1. The van der Waals surface area contributed by atoms with Gasteiger partial charge in [-0.15, -0.1) is 0 Å². The molecule has 0 aliphatic heterocycles. The van der Waals surface area contributed by atoms with Gasteiger partial charge in [0.25, 0.3) is 0 Å². The van der Waals surface area contributed by atoms with Crippen molar-refractivity contribution in [2.45, 2.75) is 103 Å². The molecule has 6 heteroatoms. The van der Waals surface area contributed by atoms with Crippen molar-refractivity contribution in [1.82, 2.24) is 0 Å². The van der Waals surface area contributed by atoms with Crippen LogP contribution in [0, 0.1) is 5.82 Å². The molecule has 29 heavy (non-hydrogen) atoms. The summed E-state index contributed by atoms with van der Waals surface area (Å²) in [5.41, 5.74) is -1.92. The largest absolute Gasteiger partial charge is 0.459 e. The molecule has 0 aliphatic carbocycles. The molecule has 2 nitrogen and oxygen atoms in total. The van der Waals surface area contributed by atoms with E-state index in [1.54, 1.807) is 0 Å². The molecule has 1 rings (SSSR count). The van der Waals surface area contributed by atoms with Crippen LogP contribution in [0.25, 0.3) is 0 Å². The van der Waals surface area contributed by atoms with E-state index in [0.29, 0.717) is 18.9 Å². The van der Waals surface area contributed by atoms with Crippen molar-refractivity contribution in [3.63, 3.8) is 0 Å². The van der Waals surface area contributed by atoms with Crippen LogP contribution >= 0.6 is 0 Å². The van der Waals surface area contributed by atoms with Crippen LogP contribution in [-0.2, 0) is 10.9 Å². The summed E-state index contributed by atoms with van der Waals surface area (Å²) in [5, 5.41) is 0. The highest BCUT2D eigenvalue weighted by atomic mass is 19.4. The fourth-order valence-corrected chi connectivity index (χ4v) is 3.41. The number of rotatable bonds is 14. The van der Waals surface area contributed by atoms with E-state index in [-0.39, 0.29) is 0 Å². The van der Waals surface area contributed by atoms with Crippen molar-refractivity contribution >= 4 is 5.97 Å². The lowest BCUT2D eigenvalue weighted by Gasteiger charge is -2.19. The number of carbonyl (C=O) groups excluding carboxylic acids is 1. The number of esters is 1. The van der Waals surface area contributed by atoms with Gasteiger partial charge in [0.1, 0.15) is 11.9 Å². The third-order valence-corrected chi connectivity index (χ3v) is 5.02. The van der Waals surface area contributed by atoms with Gasteiger partial charge in [-0.05, 0) is 37.5 Å². The van der Waals surface area contributed by atoms with Gasteiger partial charge in [0.05, 0.1) is 11.1 Å². The monoisotopic (exact) mass is 418 g/mol. The highest BCUT2D eigenvalue weighted by Gasteiger charge is 2.36. The van der Waals surface area contributed by atoms with Crippen molar-refractivity contribution < 1.29 is 27.1 Å². The molecule has 0 saturated heterocycles. The van der Waals surface area contributed by atoms with E-state index in [1.165, 1.54) is 38.5 Å². The van der Waals surface area contributed by atoms with E-state index in [2.05, 4.69) is 6.92 Å². The average Bonchev–Trinajstić information content (AvgIpc) is 2.66. The fraction of sp³-hybridized carbons (Fsp3) is 0.696. The number of halogens is 4. The number of alkyl halides is 3. The Kier molecular flexibility index (Phi) is 11.9. The molecule has 0 heterocycles. The van der Waals surface area contributed by atoms with Crippen LogP contribution in [0.5, 0.6) is 0 Å². The molecule has 1 aromatic carbocycles. The van der Waals surface area contributed by atoms with E-state index in [1.807, 2.05) is 6.92 Å². The maximum absolute atomic E-state index is 13.2. The SMILES string of the molecule is CCCCCCCCCCCC(CCC)OC(=O)c1ccc(F)cc1C(F)(F)F. The van der Waals surface area contributed by atoms with Gasteiger partial charge in [-0.2, -0.15) is 13.2 Å². The second-order valence-corrected chi connectivity index (χ2v) is 7.62. The maximum Gasteiger partial charge on any atom is 0.417 e. The molecule has 0 radical (unpaired) electrons. The summed E-state index contributed by atoms with van der Waals surface area (Å²) in [6.45, 7) is 4.13. The lowest BCUT2D eigenvalue weighted by atomic mass is 10.0. The van der Waals surface area contributed by atoms with Gasteiger partial charge in [0.15, 0.2) is 0 Å². The molecule has 1 unspecified atom stereocenters. The number of hydrogen-bond donors (Lipinski definition) is 0. The lowest BCUT2D eigenvalue weighted by molar-refractivity contribution is -0.138. The number of ether oxygens (including phenoxy) is 1. The topological polar surface area (TPSA) is 26.3 Å². The smallest absolute Gasteiger partial charge is 0.417 e. The Hall–Kier alpha value is -1.59. The van der Waals surface area contributed by atoms with Crippen molar-refractivity contribution in [2.75, 3.05) is 0 Å². The zero-order chi connectivity index (χ0) is 21.7. The van der Waals surface area contributed by atoms with Gasteiger partial charge in [0, 0.05) is 0 Å². The first-order chi connectivity index (χ1) is 13.8. The predicted molar refractivity (Wildman–Crippen MR) is 107 cm³/mol. The molecular weight excluding hydrogens is 384 g/mol. The Balaban J connectivity index is 2.50. The van der Waals surface area contributed by atoms with Gasteiger partial charge in [-0.1, -0.05) is 71.6 Å². The molecule has 0 saturated carbocycles. The Labute approximate surface area is 172 Å². The van der Waals surface area contributed by atoms with Crippen LogP contribution < -0.4 is 0 Å². The average molecular weight is 419 g/mol. The number of carbonyl (C=O) groups is 1. The van der Waals surface area contributed by atoms with Crippen molar-refractivity contribution in [3.05, 3.63) is 35.1 Å². The summed E-state index contributed by atoms with van der Waals surface area (Å²) in [6.07, 6.45) is 7.30. The van der Waals surface area contributed by atoms with Crippen molar-refractivity contribution in [3.8, 4) is 0 Å². The van der Waals surface area contributed by atoms with E-state index in [4.69, 9.17) is 4.74 Å². The molecule has 1 atom stereocenters. The van der Waals surface area contributed by atoms with Gasteiger partial charge in [0.2, 0.25) is 0 Å². The summed E-state index contributed by atoms with van der Waals surface area (Å²) in [7, 11) is 0. The molecule has 0 amide bonds. The highest BCUT2D eigenvalue weighted by molar-refractivity contribution is 5.91. The highest BCUT2D eigenvalue weighted by Crippen LogP contribution is 2.33. The Morgan fingerprint density at radius 3 is 2.03 bits per heavy atom. The van der Waals surface area contributed by atoms with Crippen LogP contribution in [0.4, 0.5) is 17.6 Å². The van der Waals surface area contributed by atoms with E-state index in [0.717, 1.165) is 37.8 Å². The molecule has 0 aliphatic rings. The molecule has 0 aromatic heterocycles. The van der Waals surface area contributed by atoms with E-state index >= 15 is 0 Å². The normalized spacial score (nSPS) is 12.8. The van der Waals surface area contributed by atoms with Crippen LogP contribution in [0.15, 0.2) is 18.2 Å². The molecular formula is C23H34F4O2. The first-order valence-electron chi connectivity index (χ1n) is 10.9. The van der Waals surface area contributed by atoms with Gasteiger partial charge < -0.3 is 4.74 Å². The summed E-state index contributed by atoms with van der Waals surface area (Å²) in [6, 6.07) is 2.04. The molecule has 0 spiro atoms. The van der Waals surface area contributed by atoms with Crippen molar-refractivity contribution in [1.29, 1.82) is 0 Å². The second kappa shape index (κ2) is 13.6. The lowest BCUT2D eigenvalue weighted by Crippen LogP contribution is -2.21. The standard InChI is InChI=1S/C23H34F4O2/c1-3-5-6-7-8-9-10-11-12-14-19(13-4-2)29-22(28)20-16-15-18(24)17-21(20)23(25,26)27/h15-17,19H,3-14H2,1-2H3. The molecule has 0 N–H and O–H groups in total. The number of unbranched alkanes of at least 4 members (excludes halogenated alkanes) is 8. The Morgan fingerprint density at radius 1 is 0.897 bits per heavy atom. The van der Waals surface area contributed by atoms with Crippen molar-refractivity contribution in [2.24, 2.45) is 0 Å². The Morgan fingerprint density at radius 2 is 1.48 bits per heavy atom. The molecule has 166 valence electrons. The summed E-state index contributed by atoms with van der Waals surface area (Å²) >= 11 is 0. The number of benzene rings is 1. The van der Waals surface area contributed by atoms with Gasteiger partial charge in [-0.25, -0.2) is 9.18 Å². The third-order valence-electron chi connectivity index (χ3n) is 5.02.